The van der Waals surface area contributed by atoms with Gasteiger partial charge in [-0.1, -0.05) is 6.92 Å². The van der Waals surface area contributed by atoms with Crippen molar-refractivity contribution in [2.24, 2.45) is 5.92 Å². The molecule has 0 aliphatic carbocycles. The number of nitrogens with zero attached hydrogens (tertiary/aromatic N) is 3. The van der Waals surface area contributed by atoms with E-state index in [1.54, 1.807) is 16.8 Å². The zero-order valence-corrected chi connectivity index (χ0v) is 9.27. The number of amides is 3. The lowest BCUT2D eigenvalue weighted by molar-refractivity contribution is -0.125. The topological polar surface area (TPSA) is 43.9 Å². The maximum absolute atomic E-state index is 12.0. The van der Waals surface area contributed by atoms with E-state index in [9.17, 15) is 9.59 Å². The molecule has 1 unspecified atom stereocenters. The minimum Gasteiger partial charge on any atom is -0.326 e. The highest BCUT2D eigenvalue weighted by Crippen LogP contribution is 2.18. The number of likely N-dealkylation sites (N-methyl/N-ethyl adjacent to an activating group) is 1. The zero-order valence-electron chi connectivity index (χ0n) is 9.27. The Bertz CT molecular complexity index is 292. The fourth-order valence-electron chi connectivity index (χ4n) is 2.11. The maximum atomic E-state index is 12.0. The monoisotopic (exact) mass is 211 g/mol. The molecule has 2 fully saturated rings. The van der Waals surface area contributed by atoms with Gasteiger partial charge in [-0.15, -0.1) is 0 Å². The van der Waals surface area contributed by atoms with E-state index < -0.39 is 0 Å². The molecule has 0 bridgehead atoms. The second-order valence-corrected chi connectivity index (χ2v) is 4.55. The van der Waals surface area contributed by atoms with Crippen LogP contribution in [0.5, 0.6) is 0 Å². The van der Waals surface area contributed by atoms with Gasteiger partial charge in [0.2, 0.25) is 5.91 Å². The van der Waals surface area contributed by atoms with E-state index in [-0.39, 0.29) is 18.5 Å². The third kappa shape index (κ3) is 1.91. The van der Waals surface area contributed by atoms with Gasteiger partial charge in [0, 0.05) is 20.1 Å². The molecule has 0 aromatic carbocycles. The number of carbonyl (C=O) groups excluding carboxylic acids is 2. The van der Waals surface area contributed by atoms with Crippen molar-refractivity contribution in [2.75, 3.05) is 33.4 Å². The fraction of sp³-hybridized carbons (Fsp3) is 0.800. The molecule has 2 aliphatic heterocycles. The Morgan fingerprint density at radius 3 is 2.60 bits per heavy atom. The van der Waals surface area contributed by atoms with Crippen molar-refractivity contribution in [2.45, 2.75) is 13.3 Å². The van der Waals surface area contributed by atoms with E-state index in [0.717, 1.165) is 19.5 Å². The lowest BCUT2D eigenvalue weighted by Gasteiger charge is -2.23. The number of hydrogen-bond donors (Lipinski definition) is 0. The second kappa shape index (κ2) is 3.72. The molecule has 84 valence electrons. The summed E-state index contributed by atoms with van der Waals surface area (Å²) >= 11 is 0. The van der Waals surface area contributed by atoms with Crippen molar-refractivity contribution in [1.82, 2.24) is 14.7 Å². The molecule has 0 radical (unpaired) electrons. The van der Waals surface area contributed by atoms with E-state index in [1.165, 1.54) is 0 Å². The van der Waals surface area contributed by atoms with Crippen LogP contribution < -0.4 is 0 Å². The summed E-state index contributed by atoms with van der Waals surface area (Å²) in [6.45, 7) is 4.47. The first-order valence-corrected chi connectivity index (χ1v) is 5.35. The van der Waals surface area contributed by atoms with Gasteiger partial charge < -0.3 is 9.80 Å². The summed E-state index contributed by atoms with van der Waals surface area (Å²) < 4.78 is 0. The molecule has 2 saturated heterocycles. The Morgan fingerprint density at radius 1 is 1.40 bits per heavy atom. The lowest BCUT2D eigenvalue weighted by atomic mass is 10.2. The number of rotatable bonds is 0. The highest BCUT2D eigenvalue weighted by atomic mass is 16.2. The van der Waals surface area contributed by atoms with E-state index >= 15 is 0 Å². The molecule has 0 aromatic heterocycles. The molecule has 2 aliphatic rings. The Hall–Kier alpha value is -1.26. The quantitative estimate of drug-likeness (QED) is 0.573. The largest absolute Gasteiger partial charge is 0.326 e. The third-order valence-electron chi connectivity index (χ3n) is 3.10. The van der Waals surface area contributed by atoms with Crippen LogP contribution in [0.3, 0.4) is 0 Å². The molecule has 5 heteroatoms. The van der Waals surface area contributed by atoms with Crippen LogP contribution in [0.1, 0.15) is 13.3 Å². The summed E-state index contributed by atoms with van der Waals surface area (Å²) in [7, 11) is 1.72. The predicted molar refractivity (Wildman–Crippen MR) is 55.1 cm³/mol. The van der Waals surface area contributed by atoms with Crippen molar-refractivity contribution >= 4 is 11.9 Å². The summed E-state index contributed by atoms with van der Waals surface area (Å²) in [5.74, 6) is 0.612. The molecule has 5 nitrogen and oxygen atoms in total. The van der Waals surface area contributed by atoms with Gasteiger partial charge in [0.15, 0.2) is 0 Å². The van der Waals surface area contributed by atoms with Gasteiger partial charge in [-0.3, -0.25) is 9.69 Å². The average Bonchev–Trinajstić information content (AvgIpc) is 2.74. The smallest absolute Gasteiger partial charge is 0.321 e. The summed E-state index contributed by atoms with van der Waals surface area (Å²) in [5, 5.41) is 0. The minimum absolute atomic E-state index is 0.0112. The Kier molecular flexibility index (Phi) is 2.54. The number of carbonyl (C=O) groups is 2. The van der Waals surface area contributed by atoms with E-state index in [0.29, 0.717) is 12.6 Å². The van der Waals surface area contributed by atoms with Crippen LogP contribution in [0.15, 0.2) is 0 Å². The summed E-state index contributed by atoms with van der Waals surface area (Å²) in [4.78, 5) is 28.3. The molecular formula is C10H17N3O2. The van der Waals surface area contributed by atoms with Gasteiger partial charge in [0.25, 0.3) is 0 Å². The van der Waals surface area contributed by atoms with Crippen LogP contribution in [-0.4, -0.2) is 60.0 Å². The normalized spacial score (nSPS) is 26.7. The molecule has 0 aromatic rings. The van der Waals surface area contributed by atoms with Crippen molar-refractivity contribution in [3.63, 3.8) is 0 Å². The Balaban J connectivity index is 1.94. The molecule has 1 atom stereocenters. The number of urea groups is 1. The van der Waals surface area contributed by atoms with Gasteiger partial charge in [-0.05, 0) is 12.3 Å². The van der Waals surface area contributed by atoms with Crippen LogP contribution in [-0.2, 0) is 4.79 Å². The molecule has 3 amide bonds. The second-order valence-electron chi connectivity index (χ2n) is 4.55. The first-order valence-electron chi connectivity index (χ1n) is 5.35. The van der Waals surface area contributed by atoms with Crippen molar-refractivity contribution in [1.29, 1.82) is 0 Å². The van der Waals surface area contributed by atoms with Gasteiger partial charge in [0.1, 0.15) is 6.54 Å². The highest BCUT2D eigenvalue weighted by molar-refractivity contribution is 5.87. The third-order valence-corrected chi connectivity index (χ3v) is 3.10. The first kappa shape index (κ1) is 10.3. The van der Waals surface area contributed by atoms with Crippen molar-refractivity contribution in [3.05, 3.63) is 0 Å². The number of hydrogen-bond acceptors (Lipinski definition) is 2. The minimum atomic E-state index is 0.0112. The maximum Gasteiger partial charge on any atom is 0.321 e. The number of likely N-dealkylation sites (tertiary alicyclic amines) is 1. The van der Waals surface area contributed by atoms with Crippen molar-refractivity contribution in [3.8, 4) is 0 Å². The molecule has 15 heavy (non-hydrogen) atoms. The van der Waals surface area contributed by atoms with Crippen molar-refractivity contribution < 1.29 is 9.59 Å². The van der Waals surface area contributed by atoms with Gasteiger partial charge >= 0.3 is 6.03 Å². The lowest BCUT2D eigenvalue weighted by Crippen LogP contribution is -2.41. The van der Waals surface area contributed by atoms with Crippen LogP contribution in [0.2, 0.25) is 0 Å². The fourth-order valence-corrected chi connectivity index (χ4v) is 2.11. The van der Waals surface area contributed by atoms with Crippen LogP contribution in [0.4, 0.5) is 4.79 Å². The molecular weight excluding hydrogens is 194 g/mol. The van der Waals surface area contributed by atoms with Gasteiger partial charge in [-0.25, -0.2) is 4.79 Å². The van der Waals surface area contributed by atoms with Crippen LogP contribution in [0.25, 0.3) is 0 Å². The molecule has 2 rings (SSSR count). The molecule has 0 N–H and O–H groups in total. The predicted octanol–water partition coefficient (Wildman–Crippen LogP) is 0.180. The Morgan fingerprint density at radius 2 is 2.13 bits per heavy atom. The van der Waals surface area contributed by atoms with Gasteiger partial charge in [0.05, 0.1) is 6.67 Å². The average molecular weight is 211 g/mol. The SMILES string of the molecule is CC1CCN(C(=O)N2CC(=O)N(C)C2)C1. The zero-order chi connectivity index (χ0) is 11.0. The summed E-state index contributed by atoms with van der Waals surface area (Å²) in [6.07, 6.45) is 1.07. The standard InChI is InChI=1S/C10H17N3O2/c1-8-3-4-12(5-8)10(15)13-6-9(14)11(2)7-13/h8H,3-7H2,1-2H3. The van der Waals surface area contributed by atoms with E-state index in [2.05, 4.69) is 6.92 Å². The Labute approximate surface area is 89.6 Å². The van der Waals surface area contributed by atoms with Gasteiger partial charge in [-0.2, -0.15) is 0 Å². The highest BCUT2D eigenvalue weighted by Gasteiger charge is 2.33. The molecule has 2 heterocycles. The first-order chi connectivity index (χ1) is 7.08. The van der Waals surface area contributed by atoms with E-state index in [4.69, 9.17) is 0 Å². The van der Waals surface area contributed by atoms with Crippen LogP contribution >= 0.6 is 0 Å². The summed E-state index contributed by atoms with van der Waals surface area (Å²) in [6, 6.07) is 0.0112. The molecule has 0 saturated carbocycles. The van der Waals surface area contributed by atoms with Crippen LogP contribution in [0, 0.1) is 5.92 Å². The van der Waals surface area contributed by atoms with E-state index in [1.807, 2.05) is 4.90 Å². The molecule has 0 spiro atoms. The summed E-state index contributed by atoms with van der Waals surface area (Å²) in [5.41, 5.74) is 0.